The highest BCUT2D eigenvalue weighted by Crippen LogP contribution is 2.25. The highest BCUT2D eigenvalue weighted by atomic mass is 19.1. The van der Waals surface area contributed by atoms with Gasteiger partial charge in [-0.3, -0.25) is 9.59 Å². The number of carbonyl (C=O) groups is 2. The normalized spacial score (nSPS) is 11.0. The Labute approximate surface area is 184 Å². The lowest BCUT2D eigenvalue weighted by Crippen LogP contribution is -2.33. The molecule has 0 saturated carbocycles. The number of benzene rings is 2. The second-order valence-corrected chi connectivity index (χ2v) is 7.29. The predicted octanol–water partition coefficient (Wildman–Crippen LogP) is 4.56. The first-order valence-corrected chi connectivity index (χ1v) is 10.4. The Kier molecular flexibility index (Phi) is 6.02. The van der Waals surface area contributed by atoms with Crippen molar-refractivity contribution in [2.24, 2.45) is 0 Å². The van der Waals surface area contributed by atoms with Crippen molar-refractivity contribution in [1.29, 1.82) is 0 Å². The van der Waals surface area contributed by atoms with E-state index in [0.29, 0.717) is 18.8 Å². The Bertz CT molecular complexity index is 1270. The summed E-state index contributed by atoms with van der Waals surface area (Å²) >= 11 is 0. The minimum absolute atomic E-state index is 0.0470. The second kappa shape index (κ2) is 9.05. The first-order valence-electron chi connectivity index (χ1n) is 10.4. The molecule has 0 radical (unpaired) electrons. The fourth-order valence-electron chi connectivity index (χ4n) is 3.60. The summed E-state index contributed by atoms with van der Waals surface area (Å²) in [7, 11) is 0. The molecule has 0 aliphatic carbocycles. The van der Waals surface area contributed by atoms with Crippen molar-refractivity contribution in [3.8, 4) is 11.3 Å². The zero-order valence-corrected chi connectivity index (χ0v) is 17.8. The number of nitrogens with zero attached hydrogens (tertiary/aromatic N) is 3. The Morgan fingerprint density at radius 3 is 2.62 bits per heavy atom. The topological polar surface area (TPSA) is 80.4 Å². The monoisotopic (exact) mass is 434 g/mol. The number of hydrogen-bond acceptors (Lipinski definition) is 4. The van der Waals surface area contributed by atoms with Gasteiger partial charge in [0.1, 0.15) is 12.4 Å². The van der Waals surface area contributed by atoms with Crippen LogP contribution in [0.5, 0.6) is 0 Å². The van der Waals surface area contributed by atoms with E-state index in [1.54, 1.807) is 29.2 Å². The molecule has 32 heavy (non-hydrogen) atoms. The summed E-state index contributed by atoms with van der Waals surface area (Å²) in [6.07, 6.45) is 1.86. The van der Waals surface area contributed by atoms with Crippen LogP contribution in [-0.4, -0.2) is 39.5 Å². The summed E-state index contributed by atoms with van der Waals surface area (Å²) in [5.41, 5.74) is 1.75. The largest absolute Gasteiger partial charge is 0.355 e. The van der Waals surface area contributed by atoms with Crippen LogP contribution in [0.4, 0.5) is 10.1 Å². The number of fused-ring (bicyclic) bond motifs is 1. The maximum atomic E-state index is 13.9. The van der Waals surface area contributed by atoms with E-state index in [4.69, 9.17) is 4.52 Å². The second-order valence-electron chi connectivity index (χ2n) is 7.29. The van der Waals surface area contributed by atoms with Gasteiger partial charge in [0, 0.05) is 41.9 Å². The molecule has 2 aromatic carbocycles. The van der Waals surface area contributed by atoms with Crippen LogP contribution < -0.4 is 5.32 Å². The number of hydrogen-bond donors (Lipinski definition) is 1. The molecule has 7 nitrogen and oxygen atoms in total. The fraction of sp³-hybridized carbons (Fsp3) is 0.208. The number of halogens is 1. The smallest absolute Gasteiger partial charge is 0.277 e. The number of amides is 2. The lowest BCUT2D eigenvalue weighted by Gasteiger charge is -2.19. The van der Waals surface area contributed by atoms with Crippen molar-refractivity contribution in [3.63, 3.8) is 0 Å². The number of likely N-dealkylation sites (N-methyl/N-ethyl adjacent to an activating group) is 1. The van der Waals surface area contributed by atoms with Crippen LogP contribution in [0.25, 0.3) is 22.2 Å². The van der Waals surface area contributed by atoms with Gasteiger partial charge in [-0.05, 0) is 50.2 Å². The summed E-state index contributed by atoms with van der Waals surface area (Å²) in [5.74, 6) is -0.683. The Morgan fingerprint density at radius 1 is 1.09 bits per heavy atom. The highest BCUT2D eigenvalue weighted by Gasteiger charge is 2.17. The van der Waals surface area contributed by atoms with Crippen LogP contribution >= 0.6 is 0 Å². The van der Waals surface area contributed by atoms with Crippen LogP contribution in [0.3, 0.4) is 0 Å². The van der Waals surface area contributed by atoms with Crippen LogP contribution in [-0.2, 0) is 11.3 Å². The average molecular weight is 434 g/mol. The lowest BCUT2D eigenvalue weighted by atomic mass is 10.1. The molecule has 1 N–H and O–H groups in total. The molecule has 0 fully saturated rings. The third kappa shape index (κ3) is 4.25. The van der Waals surface area contributed by atoms with Gasteiger partial charge in [0.25, 0.3) is 5.91 Å². The van der Waals surface area contributed by atoms with E-state index in [0.717, 1.165) is 10.9 Å². The molecule has 0 atom stereocenters. The molecule has 4 rings (SSSR count). The SMILES string of the molecule is CCN(CC)C(=O)Cn1ccc2cc(NC(=O)c3cc(-c4ccccc4F)on3)ccc21. The molecular formula is C24H23FN4O3. The van der Waals surface area contributed by atoms with Crippen LogP contribution in [0.2, 0.25) is 0 Å². The summed E-state index contributed by atoms with van der Waals surface area (Å²) in [4.78, 5) is 26.8. The van der Waals surface area contributed by atoms with E-state index >= 15 is 0 Å². The van der Waals surface area contributed by atoms with Gasteiger partial charge in [-0.2, -0.15) is 0 Å². The lowest BCUT2D eigenvalue weighted by molar-refractivity contribution is -0.131. The molecule has 0 spiro atoms. The fourth-order valence-corrected chi connectivity index (χ4v) is 3.60. The van der Waals surface area contributed by atoms with Crippen LogP contribution in [0, 0.1) is 5.82 Å². The predicted molar refractivity (Wildman–Crippen MR) is 120 cm³/mol. The summed E-state index contributed by atoms with van der Waals surface area (Å²) in [6.45, 7) is 5.52. The van der Waals surface area contributed by atoms with Gasteiger partial charge in [0.05, 0.1) is 5.56 Å². The molecule has 2 aromatic heterocycles. The van der Waals surface area contributed by atoms with Gasteiger partial charge in [-0.25, -0.2) is 4.39 Å². The minimum Gasteiger partial charge on any atom is -0.355 e. The van der Waals surface area contributed by atoms with Crippen LogP contribution in [0.1, 0.15) is 24.3 Å². The number of aromatic nitrogens is 2. The van der Waals surface area contributed by atoms with Crippen LogP contribution in [0.15, 0.2) is 65.3 Å². The van der Waals surface area contributed by atoms with Gasteiger partial charge >= 0.3 is 0 Å². The maximum absolute atomic E-state index is 13.9. The van der Waals surface area contributed by atoms with E-state index in [2.05, 4.69) is 10.5 Å². The van der Waals surface area contributed by atoms with Crippen molar-refractivity contribution >= 4 is 28.4 Å². The number of anilines is 1. The maximum Gasteiger partial charge on any atom is 0.277 e. The van der Waals surface area contributed by atoms with E-state index in [-0.39, 0.29) is 29.5 Å². The zero-order valence-electron chi connectivity index (χ0n) is 17.8. The van der Waals surface area contributed by atoms with Crippen molar-refractivity contribution < 1.29 is 18.5 Å². The molecule has 0 aliphatic heterocycles. The molecule has 8 heteroatoms. The minimum atomic E-state index is -0.466. The van der Waals surface area contributed by atoms with Gasteiger partial charge in [0.15, 0.2) is 11.5 Å². The van der Waals surface area contributed by atoms with Gasteiger partial charge in [-0.1, -0.05) is 17.3 Å². The van der Waals surface area contributed by atoms with Gasteiger partial charge in [0.2, 0.25) is 5.91 Å². The molecule has 2 heterocycles. The van der Waals surface area contributed by atoms with Crippen molar-refractivity contribution in [3.05, 3.63) is 72.3 Å². The van der Waals surface area contributed by atoms with E-state index in [9.17, 15) is 14.0 Å². The molecule has 0 aliphatic rings. The summed E-state index contributed by atoms with van der Waals surface area (Å²) in [5, 5.41) is 7.43. The van der Waals surface area contributed by atoms with Crippen molar-refractivity contribution in [2.75, 3.05) is 18.4 Å². The number of carbonyl (C=O) groups excluding carboxylic acids is 2. The Hall–Kier alpha value is -3.94. The Balaban J connectivity index is 1.49. The van der Waals surface area contributed by atoms with E-state index in [1.807, 2.05) is 42.8 Å². The number of rotatable bonds is 7. The first-order chi connectivity index (χ1) is 15.5. The quantitative estimate of drug-likeness (QED) is 0.463. The zero-order chi connectivity index (χ0) is 22.7. The first kappa shape index (κ1) is 21.3. The molecule has 0 saturated heterocycles. The summed E-state index contributed by atoms with van der Waals surface area (Å²) in [6, 6.07) is 14.9. The Morgan fingerprint density at radius 2 is 1.88 bits per heavy atom. The molecule has 2 amide bonds. The molecule has 4 aromatic rings. The van der Waals surface area contributed by atoms with Crippen molar-refractivity contribution in [1.82, 2.24) is 14.6 Å². The number of nitrogens with one attached hydrogen (secondary N) is 1. The molecular weight excluding hydrogens is 411 g/mol. The summed E-state index contributed by atoms with van der Waals surface area (Å²) < 4.78 is 21.0. The third-order valence-corrected chi connectivity index (χ3v) is 5.33. The third-order valence-electron chi connectivity index (χ3n) is 5.33. The van der Waals surface area contributed by atoms with E-state index in [1.165, 1.54) is 12.1 Å². The van der Waals surface area contributed by atoms with Crippen molar-refractivity contribution in [2.45, 2.75) is 20.4 Å². The molecule has 0 bridgehead atoms. The van der Waals surface area contributed by atoms with Gasteiger partial charge in [-0.15, -0.1) is 0 Å². The molecule has 164 valence electrons. The highest BCUT2D eigenvalue weighted by molar-refractivity contribution is 6.04. The molecule has 0 unspecified atom stereocenters. The van der Waals surface area contributed by atoms with E-state index < -0.39 is 11.7 Å². The van der Waals surface area contributed by atoms with Gasteiger partial charge < -0.3 is 19.3 Å². The standard InChI is InChI=1S/C24H23FN4O3/c1-3-28(4-2)23(30)15-29-12-11-16-13-17(9-10-21(16)29)26-24(31)20-14-22(32-27-20)18-7-5-6-8-19(18)25/h5-14H,3-4,15H2,1-2H3,(H,26,31). The average Bonchev–Trinajstić information content (AvgIpc) is 3.43.